The molecular formula is C14H14N2O4S. The molecule has 0 saturated heterocycles. The van der Waals surface area contributed by atoms with Crippen molar-refractivity contribution in [1.82, 2.24) is 5.32 Å². The highest BCUT2D eigenvalue weighted by molar-refractivity contribution is 7.85. The predicted octanol–water partition coefficient (Wildman–Crippen LogP) is 2.25. The molecule has 110 valence electrons. The molecule has 0 aliphatic rings. The summed E-state index contributed by atoms with van der Waals surface area (Å²) in [6.45, 7) is 0.352. The Labute approximate surface area is 122 Å². The van der Waals surface area contributed by atoms with E-state index in [0.29, 0.717) is 6.54 Å². The molecule has 0 radical (unpaired) electrons. The van der Waals surface area contributed by atoms with Gasteiger partial charge in [-0.05, 0) is 23.8 Å². The van der Waals surface area contributed by atoms with E-state index in [1.165, 1.54) is 24.3 Å². The van der Waals surface area contributed by atoms with Gasteiger partial charge in [0.05, 0.1) is 4.90 Å². The van der Waals surface area contributed by atoms with Crippen LogP contribution in [-0.2, 0) is 16.7 Å². The second-order valence-corrected chi connectivity index (χ2v) is 5.72. The van der Waals surface area contributed by atoms with Crippen LogP contribution in [0.1, 0.15) is 5.56 Å². The number of amides is 2. The summed E-state index contributed by atoms with van der Waals surface area (Å²) >= 11 is 0. The third-order valence-corrected chi connectivity index (χ3v) is 3.54. The van der Waals surface area contributed by atoms with E-state index in [1.54, 1.807) is 0 Å². The van der Waals surface area contributed by atoms with E-state index >= 15 is 0 Å². The van der Waals surface area contributed by atoms with Crippen molar-refractivity contribution in [2.45, 2.75) is 11.4 Å². The van der Waals surface area contributed by atoms with Crippen LogP contribution in [0.15, 0.2) is 59.5 Å². The maximum atomic E-state index is 11.7. The smallest absolute Gasteiger partial charge is 0.319 e. The maximum Gasteiger partial charge on any atom is 0.319 e. The van der Waals surface area contributed by atoms with E-state index in [0.717, 1.165) is 5.56 Å². The summed E-state index contributed by atoms with van der Waals surface area (Å²) in [6, 6.07) is 14.3. The van der Waals surface area contributed by atoms with Crippen molar-refractivity contribution in [3.63, 3.8) is 0 Å². The second-order valence-electron chi connectivity index (χ2n) is 4.30. The first-order valence-electron chi connectivity index (χ1n) is 6.11. The molecule has 0 spiro atoms. The zero-order chi connectivity index (χ0) is 15.3. The van der Waals surface area contributed by atoms with Gasteiger partial charge in [-0.25, -0.2) is 4.79 Å². The van der Waals surface area contributed by atoms with Crippen LogP contribution in [0.25, 0.3) is 0 Å². The van der Waals surface area contributed by atoms with Gasteiger partial charge in [0, 0.05) is 12.2 Å². The van der Waals surface area contributed by atoms with Crippen LogP contribution in [0, 0.1) is 0 Å². The second kappa shape index (κ2) is 6.38. The third kappa shape index (κ3) is 4.59. The highest BCUT2D eigenvalue weighted by Gasteiger charge is 2.10. The maximum absolute atomic E-state index is 11.7. The van der Waals surface area contributed by atoms with E-state index in [4.69, 9.17) is 4.55 Å². The number of rotatable bonds is 4. The Morgan fingerprint density at radius 2 is 1.76 bits per heavy atom. The fraction of sp³-hybridized carbons (Fsp3) is 0.0714. The molecule has 2 rings (SSSR count). The minimum absolute atomic E-state index is 0.274. The molecule has 0 unspecified atom stereocenters. The molecule has 7 heteroatoms. The molecule has 2 amide bonds. The van der Waals surface area contributed by atoms with Crippen molar-refractivity contribution < 1.29 is 17.8 Å². The van der Waals surface area contributed by atoms with Crippen LogP contribution < -0.4 is 10.6 Å². The minimum atomic E-state index is -4.29. The standard InChI is InChI=1S/C14H14N2O4S/c17-14(15-10-11-5-2-1-3-6-11)16-12-7-4-8-13(9-12)21(18,19)20/h1-9H,10H2,(H2,15,16,17)(H,18,19,20). The number of hydrogen-bond acceptors (Lipinski definition) is 3. The fourth-order valence-electron chi connectivity index (χ4n) is 1.69. The van der Waals surface area contributed by atoms with Crippen molar-refractivity contribution >= 4 is 21.8 Å². The Kier molecular flexibility index (Phi) is 4.56. The molecule has 2 aromatic rings. The van der Waals surface area contributed by atoms with Crippen LogP contribution in [0.4, 0.5) is 10.5 Å². The molecular weight excluding hydrogens is 292 g/mol. The summed E-state index contributed by atoms with van der Waals surface area (Å²) in [7, 11) is -4.29. The van der Waals surface area contributed by atoms with Gasteiger partial charge >= 0.3 is 6.03 Å². The van der Waals surface area contributed by atoms with Gasteiger partial charge in [-0.15, -0.1) is 0 Å². The Bertz CT molecular complexity index is 730. The SMILES string of the molecule is O=C(NCc1ccccc1)Nc1cccc(S(=O)(=O)O)c1. The summed E-state index contributed by atoms with van der Waals surface area (Å²) in [5.41, 5.74) is 1.22. The van der Waals surface area contributed by atoms with Crippen molar-refractivity contribution in [2.75, 3.05) is 5.32 Å². The van der Waals surface area contributed by atoms with E-state index in [2.05, 4.69) is 10.6 Å². The summed E-state index contributed by atoms with van der Waals surface area (Å²) in [5.74, 6) is 0. The lowest BCUT2D eigenvalue weighted by Gasteiger charge is -2.08. The van der Waals surface area contributed by atoms with Crippen molar-refractivity contribution in [3.05, 3.63) is 60.2 Å². The number of hydrogen-bond donors (Lipinski definition) is 3. The average Bonchev–Trinajstić information content (AvgIpc) is 2.46. The summed E-state index contributed by atoms with van der Waals surface area (Å²) in [4.78, 5) is 11.4. The zero-order valence-corrected chi connectivity index (χ0v) is 11.8. The van der Waals surface area contributed by atoms with Crippen molar-refractivity contribution in [1.29, 1.82) is 0 Å². The molecule has 0 bridgehead atoms. The molecule has 0 fully saturated rings. The number of benzene rings is 2. The summed E-state index contributed by atoms with van der Waals surface area (Å²) in [5, 5.41) is 5.14. The first-order chi connectivity index (χ1) is 9.95. The lowest BCUT2D eigenvalue weighted by molar-refractivity contribution is 0.251. The molecule has 2 aromatic carbocycles. The Morgan fingerprint density at radius 3 is 2.43 bits per heavy atom. The average molecular weight is 306 g/mol. The first kappa shape index (κ1) is 15.0. The van der Waals surface area contributed by atoms with Crippen LogP contribution in [-0.4, -0.2) is 19.0 Å². The van der Waals surface area contributed by atoms with Gasteiger partial charge in [0.25, 0.3) is 10.1 Å². The zero-order valence-electron chi connectivity index (χ0n) is 11.0. The fourth-order valence-corrected chi connectivity index (χ4v) is 2.21. The molecule has 21 heavy (non-hydrogen) atoms. The molecule has 0 saturated carbocycles. The number of carbonyl (C=O) groups excluding carboxylic acids is 1. The monoisotopic (exact) mass is 306 g/mol. The molecule has 0 aliphatic heterocycles. The van der Waals surface area contributed by atoms with E-state index in [9.17, 15) is 13.2 Å². The third-order valence-electron chi connectivity index (χ3n) is 2.69. The normalized spacial score (nSPS) is 10.9. The van der Waals surface area contributed by atoms with Gasteiger partial charge in [0.15, 0.2) is 0 Å². The number of urea groups is 1. The highest BCUT2D eigenvalue weighted by atomic mass is 32.2. The molecule has 0 aliphatic carbocycles. The quantitative estimate of drug-likeness (QED) is 0.755. The minimum Gasteiger partial charge on any atom is -0.334 e. The highest BCUT2D eigenvalue weighted by Crippen LogP contribution is 2.14. The van der Waals surface area contributed by atoms with Gasteiger partial charge in [-0.2, -0.15) is 8.42 Å². The largest absolute Gasteiger partial charge is 0.334 e. The Hall–Kier alpha value is -2.38. The Morgan fingerprint density at radius 1 is 1.05 bits per heavy atom. The van der Waals surface area contributed by atoms with Gasteiger partial charge in [-0.3, -0.25) is 4.55 Å². The number of carbonyl (C=O) groups is 1. The van der Waals surface area contributed by atoms with Crippen LogP contribution in [0.2, 0.25) is 0 Å². The summed E-state index contributed by atoms with van der Waals surface area (Å²) in [6.07, 6.45) is 0. The van der Waals surface area contributed by atoms with Crippen LogP contribution in [0.5, 0.6) is 0 Å². The summed E-state index contributed by atoms with van der Waals surface area (Å²) < 4.78 is 31.0. The molecule has 3 N–H and O–H groups in total. The number of anilines is 1. The molecule has 0 atom stereocenters. The van der Waals surface area contributed by atoms with Crippen LogP contribution in [0.3, 0.4) is 0 Å². The van der Waals surface area contributed by atoms with Gasteiger partial charge in [0.2, 0.25) is 0 Å². The predicted molar refractivity (Wildman–Crippen MR) is 78.6 cm³/mol. The lowest BCUT2D eigenvalue weighted by atomic mass is 10.2. The Balaban J connectivity index is 1.97. The van der Waals surface area contributed by atoms with Gasteiger partial charge in [0.1, 0.15) is 0 Å². The van der Waals surface area contributed by atoms with E-state index in [-0.39, 0.29) is 10.6 Å². The first-order valence-corrected chi connectivity index (χ1v) is 7.55. The van der Waals surface area contributed by atoms with Crippen molar-refractivity contribution in [3.8, 4) is 0 Å². The molecule has 6 nitrogen and oxygen atoms in total. The molecule has 0 aromatic heterocycles. The topological polar surface area (TPSA) is 95.5 Å². The van der Waals surface area contributed by atoms with Crippen LogP contribution >= 0.6 is 0 Å². The molecule has 0 heterocycles. The van der Waals surface area contributed by atoms with Gasteiger partial charge in [-0.1, -0.05) is 36.4 Å². The van der Waals surface area contributed by atoms with Gasteiger partial charge < -0.3 is 10.6 Å². The van der Waals surface area contributed by atoms with E-state index in [1.807, 2.05) is 30.3 Å². The van der Waals surface area contributed by atoms with Crippen molar-refractivity contribution in [2.24, 2.45) is 0 Å². The van der Waals surface area contributed by atoms with E-state index < -0.39 is 16.1 Å². The number of nitrogens with one attached hydrogen (secondary N) is 2. The lowest BCUT2D eigenvalue weighted by Crippen LogP contribution is -2.28.